The minimum Gasteiger partial charge on any atom is -0.304 e. The van der Waals surface area contributed by atoms with E-state index in [0.29, 0.717) is 35.6 Å². The van der Waals surface area contributed by atoms with Crippen molar-refractivity contribution in [3.05, 3.63) is 64.7 Å². The lowest BCUT2D eigenvalue weighted by Gasteiger charge is -2.34. The van der Waals surface area contributed by atoms with E-state index < -0.39 is 11.7 Å². The van der Waals surface area contributed by atoms with Crippen LogP contribution in [0.4, 0.5) is 18.9 Å². The summed E-state index contributed by atoms with van der Waals surface area (Å²) in [5.41, 5.74) is 5.05. The summed E-state index contributed by atoms with van der Waals surface area (Å²) >= 11 is 0. The van der Waals surface area contributed by atoms with Crippen molar-refractivity contribution in [1.82, 2.24) is 15.3 Å². The predicted octanol–water partition coefficient (Wildman–Crippen LogP) is 6.75. The van der Waals surface area contributed by atoms with Crippen molar-refractivity contribution in [3.63, 3.8) is 0 Å². The van der Waals surface area contributed by atoms with Crippen LogP contribution in [0.5, 0.6) is 0 Å². The standard InChI is InChI=1S/C31H39F3N4O/c1-20-27(28(20)29-36(2)19-35-38(29)22-12-7-5-3-4-6-8-13-22)21-11-9-14-23(17-21)37-18-25-24(30(37)39)15-10-16-26(25)31(32,33)34/h9-11,14-17,20,22,27-29,35H,3-8,12-13,18-19H2,1-2H3/t20-,27+,28+,29?/m0/s1. The molecule has 39 heavy (non-hydrogen) atoms. The average molecular weight is 541 g/mol. The Balaban J connectivity index is 1.22. The lowest BCUT2D eigenvalue weighted by atomic mass is 10.0. The number of alkyl halides is 3. The molecule has 1 saturated heterocycles. The molecular formula is C31H39F3N4O. The smallest absolute Gasteiger partial charge is 0.304 e. The van der Waals surface area contributed by atoms with Crippen molar-refractivity contribution in [2.75, 3.05) is 18.6 Å². The fourth-order valence-electron chi connectivity index (χ4n) is 7.49. The van der Waals surface area contributed by atoms with E-state index in [1.165, 1.54) is 74.0 Å². The first-order valence-electron chi connectivity index (χ1n) is 14.6. The van der Waals surface area contributed by atoms with Crippen LogP contribution in [0.25, 0.3) is 0 Å². The van der Waals surface area contributed by atoms with Crippen LogP contribution in [0.15, 0.2) is 42.5 Å². The topological polar surface area (TPSA) is 38.8 Å². The van der Waals surface area contributed by atoms with E-state index in [9.17, 15) is 18.0 Å². The van der Waals surface area contributed by atoms with Crippen molar-refractivity contribution in [2.24, 2.45) is 11.8 Å². The second-order valence-corrected chi connectivity index (χ2v) is 12.0. The van der Waals surface area contributed by atoms with E-state index in [4.69, 9.17) is 0 Å². The number of carbonyl (C=O) groups is 1. The zero-order valence-corrected chi connectivity index (χ0v) is 22.9. The first-order valence-corrected chi connectivity index (χ1v) is 14.6. The fraction of sp³-hybridized carbons (Fsp3) is 0.581. The van der Waals surface area contributed by atoms with Gasteiger partial charge in [0.15, 0.2) is 0 Å². The van der Waals surface area contributed by atoms with Gasteiger partial charge >= 0.3 is 6.18 Å². The van der Waals surface area contributed by atoms with E-state index in [1.54, 1.807) is 0 Å². The number of halogens is 3. The number of fused-ring (bicyclic) bond motifs is 1. The highest BCUT2D eigenvalue weighted by molar-refractivity contribution is 6.10. The molecule has 2 heterocycles. The summed E-state index contributed by atoms with van der Waals surface area (Å²) in [6, 6.07) is 12.4. The zero-order valence-electron chi connectivity index (χ0n) is 22.9. The quantitative estimate of drug-likeness (QED) is 0.466. The Labute approximate surface area is 229 Å². The molecule has 2 saturated carbocycles. The van der Waals surface area contributed by atoms with Crippen LogP contribution in [0, 0.1) is 11.8 Å². The summed E-state index contributed by atoms with van der Waals surface area (Å²) in [5.74, 6) is 0.924. The van der Waals surface area contributed by atoms with Crippen LogP contribution < -0.4 is 10.3 Å². The van der Waals surface area contributed by atoms with Gasteiger partial charge in [-0.1, -0.05) is 63.6 Å². The van der Waals surface area contributed by atoms with Gasteiger partial charge in [-0.2, -0.15) is 13.2 Å². The zero-order chi connectivity index (χ0) is 27.3. The Morgan fingerprint density at radius 2 is 1.64 bits per heavy atom. The Kier molecular flexibility index (Phi) is 7.23. The van der Waals surface area contributed by atoms with E-state index in [2.05, 4.69) is 35.4 Å². The molecule has 0 aromatic heterocycles. The highest BCUT2D eigenvalue weighted by Gasteiger charge is 2.57. The van der Waals surface area contributed by atoms with E-state index in [0.717, 1.165) is 12.7 Å². The second kappa shape index (κ2) is 10.5. The van der Waals surface area contributed by atoms with Gasteiger partial charge in [-0.05, 0) is 73.0 Å². The number of hydrazine groups is 1. The van der Waals surface area contributed by atoms with Gasteiger partial charge in [-0.15, -0.1) is 0 Å². The number of amides is 1. The van der Waals surface area contributed by atoms with Gasteiger partial charge < -0.3 is 4.90 Å². The van der Waals surface area contributed by atoms with E-state index in [1.807, 2.05) is 18.2 Å². The molecule has 3 fully saturated rings. The molecule has 0 radical (unpaired) electrons. The first-order chi connectivity index (χ1) is 18.8. The van der Waals surface area contributed by atoms with Crippen molar-refractivity contribution in [2.45, 2.75) is 89.1 Å². The van der Waals surface area contributed by atoms with Crippen molar-refractivity contribution < 1.29 is 18.0 Å². The predicted molar refractivity (Wildman–Crippen MR) is 146 cm³/mol. The molecule has 2 aromatic carbocycles. The summed E-state index contributed by atoms with van der Waals surface area (Å²) in [7, 11) is 2.20. The molecule has 2 aliphatic carbocycles. The molecule has 210 valence electrons. The Bertz CT molecular complexity index is 1210. The molecular weight excluding hydrogens is 501 g/mol. The number of rotatable bonds is 4. The summed E-state index contributed by atoms with van der Waals surface area (Å²) in [5, 5.41) is 2.55. The van der Waals surface area contributed by atoms with Gasteiger partial charge in [0.2, 0.25) is 0 Å². The van der Waals surface area contributed by atoms with Gasteiger partial charge in [0.05, 0.1) is 24.9 Å². The van der Waals surface area contributed by atoms with Crippen LogP contribution in [-0.2, 0) is 12.7 Å². The number of hydrogen-bond acceptors (Lipinski definition) is 4. The normalized spacial score (nSPS) is 29.3. The van der Waals surface area contributed by atoms with Gasteiger partial charge in [0.1, 0.15) is 0 Å². The largest absolute Gasteiger partial charge is 0.416 e. The number of hydrogen-bond donors (Lipinski definition) is 1. The highest BCUT2D eigenvalue weighted by atomic mass is 19.4. The van der Waals surface area contributed by atoms with E-state index >= 15 is 0 Å². The Morgan fingerprint density at radius 3 is 2.36 bits per heavy atom. The summed E-state index contributed by atoms with van der Waals surface area (Å²) < 4.78 is 40.9. The minimum atomic E-state index is -4.48. The maximum Gasteiger partial charge on any atom is 0.416 e. The first kappa shape index (κ1) is 26.8. The van der Waals surface area contributed by atoms with Crippen molar-refractivity contribution in [1.29, 1.82) is 0 Å². The molecule has 2 aliphatic heterocycles. The monoisotopic (exact) mass is 540 g/mol. The van der Waals surface area contributed by atoms with Crippen LogP contribution in [-0.4, -0.2) is 41.7 Å². The molecule has 5 nitrogen and oxygen atoms in total. The number of nitrogens with one attached hydrogen (secondary N) is 1. The third-order valence-corrected chi connectivity index (χ3v) is 9.59. The molecule has 1 amide bonds. The lowest BCUT2D eigenvalue weighted by Crippen LogP contribution is -2.48. The van der Waals surface area contributed by atoms with Crippen molar-refractivity contribution in [3.8, 4) is 0 Å². The third kappa shape index (κ3) is 5.00. The van der Waals surface area contributed by atoms with Crippen LogP contribution in [0.1, 0.15) is 91.3 Å². The fourth-order valence-corrected chi connectivity index (χ4v) is 7.49. The molecule has 0 bridgehead atoms. The molecule has 4 aliphatic rings. The SMILES string of the molecule is C[C@H]1[C@H](c2cccc(N3Cc4c(cccc4C(F)(F)F)C3=O)c2)[C@@H]1C1N(C)CNN1C1CCCCCCCC1. The lowest BCUT2D eigenvalue weighted by molar-refractivity contribution is -0.138. The van der Waals surface area contributed by atoms with Crippen molar-refractivity contribution >= 4 is 11.6 Å². The van der Waals surface area contributed by atoms with Crippen LogP contribution >= 0.6 is 0 Å². The minimum absolute atomic E-state index is 0.0539. The molecule has 1 unspecified atom stereocenters. The number of benzene rings is 2. The molecule has 0 spiro atoms. The third-order valence-electron chi connectivity index (χ3n) is 9.59. The molecule has 6 rings (SSSR count). The number of anilines is 1. The second-order valence-electron chi connectivity index (χ2n) is 12.0. The maximum absolute atomic E-state index is 13.6. The molecule has 1 N–H and O–H groups in total. The van der Waals surface area contributed by atoms with E-state index in [-0.39, 0.29) is 23.6 Å². The molecule has 2 aromatic rings. The highest BCUT2D eigenvalue weighted by Crippen LogP contribution is 2.58. The van der Waals surface area contributed by atoms with Gasteiger partial charge in [0.25, 0.3) is 5.91 Å². The van der Waals surface area contributed by atoms with Crippen LogP contribution in [0.2, 0.25) is 0 Å². The average Bonchev–Trinajstić information content (AvgIpc) is 3.22. The number of nitrogens with zero attached hydrogens (tertiary/aromatic N) is 3. The van der Waals surface area contributed by atoms with Gasteiger partial charge in [0, 0.05) is 17.3 Å². The summed E-state index contributed by atoms with van der Waals surface area (Å²) in [6.07, 6.45) is 6.21. The molecule has 4 atom stereocenters. The Hall–Kier alpha value is -2.42. The summed E-state index contributed by atoms with van der Waals surface area (Å²) in [6.45, 7) is 3.10. The summed E-state index contributed by atoms with van der Waals surface area (Å²) in [4.78, 5) is 17.1. The van der Waals surface area contributed by atoms with Crippen LogP contribution in [0.3, 0.4) is 0 Å². The maximum atomic E-state index is 13.6. The van der Waals surface area contributed by atoms with Gasteiger partial charge in [-0.25, -0.2) is 10.4 Å². The molecule has 8 heteroatoms. The number of carbonyl (C=O) groups excluding carboxylic acids is 1. The Morgan fingerprint density at radius 1 is 0.949 bits per heavy atom. The van der Waals surface area contributed by atoms with Gasteiger partial charge in [-0.3, -0.25) is 9.69 Å².